The fourth-order valence-corrected chi connectivity index (χ4v) is 3.30. The standard InChI is InChI=1S/C12H18N2S/c1-2-4-6-11-10(5-3-1)14-12(15-11)13-9-7-8-9/h9H,1-8H2,(H,13,14). The topological polar surface area (TPSA) is 24.9 Å². The number of nitrogens with zero attached hydrogens (tertiary/aromatic N) is 1. The second-order valence-electron chi connectivity index (χ2n) is 4.72. The molecule has 3 rings (SSSR count). The van der Waals surface area contributed by atoms with Crippen LogP contribution in [0.3, 0.4) is 0 Å². The van der Waals surface area contributed by atoms with E-state index in [0.29, 0.717) is 0 Å². The van der Waals surface area contributed by atoms with Crippen LogP contribution in [0.4, 0.5) is 5.13 Å². The third-order valence-electron chi connectivity index (χ3n) is 3.25. The van der Waals surface area contributed by atoms with Crippen LogP contribution in [0.1, 0.15) is 49.1 Å². The number of aryl methyl sites for hydroxylation is 2. The molecule has 1 N–H and O–H groups in total. The molecule has 82 valence electrons. The molecule has 0 aromatic carbocycles. The van der Waals surface area contributed by atoms with Gasteiger partial charge in [0.15, 0.2) is 5.13 Å². The van der Waals surface area contributed by atoms with E-state index in [0.717, 1.165) is 6.04 Å². The van der Waals surface area contributed by atoms with Gasteiger partial charge in [0, 0.05) is 10.9 Å². The molecule has 0 radical (unpaired) electrons. The zero-order valence-corrected chi connectivity index (χ0v) is 9.91. The molecule has 3 heteroatoms. The molecule has 0 atom stereocenters. The number of fused-ring (bicyclic) bond motifs is 1. The van der Waals surface area contributed by atoms with Gasteiger partial charge >= 0.3 is 0 Å². The molecule has 2 aliphatic rings. The zero-order valence-electron chi connectivity index (χ0n) is 9.09. The van der Waals surface area contributed by atoms with Crippen molar-refractivity contribution in [1.29, 1.82) is 0 Å². The molecule has 2 aliphatic carbocycles. The maximum atomic E-state index is 4.74. The predicted molar refractivity (Wildman–Crippen MR) is 64.6 cm³/mol. The Morgan fingerprint density at radius 1 is 1.07 bits per heavy atom. The van der Waals surface area contributed by atoms with E-state index >= 15 is 0 Å². The van der Waals surface area contributed by atoms with Gasteiger partial charge in [-0.05, 0) is 38.5 Å². The second kappa shape index (κ2) is 4.12. The smallest absolute Gasteiger partial charge is 0.183 e. The fourth-order valence-electron chi connectivity index (χ4n) is 2.17. The highest BCUT2D eigenvalue weighted by atomic mass is 32.1. The lowest BCUT2D eigenvalue weighted by Gasteiger charge is -2.06. The average Bonchev–Trinajstić information content (AvgIpc) is 2.92. The summed E-state index contributed by atoms with van der Waals surface area (Å²) in [4.78, 5) is 6.29. The monoisotopic (exact) mass is 222 g/mol. The minimum atomic E-state index is 0.738. The van der Waals surface area contributed by atoms with Crippen molar-refractivity contribution in [3.63, 3.8) is 0 Å². The van der Waals surface area contributed by atoms with Crippen molar-refractivity contribution in [1.82, 2.24) is 4.98 Å². The number of aromatic nitrogens is 1. The van der Waals surface area contributed by atoms with E-state index < -0.39 is 0 Å². The highest BCUT2D eigenvalue weighted by Crippen LogP contribution is 2.32. The van der Waals surface area contributed by atoms with Crippen LogP contribution >= 0.6 is 11.3 Å². The van der Waals surface area contributed by atoms with Gasteiger partial charge in [0.05, 0.1) is 5.69 Å². The quantitative estimate of drug-likeness (QED) is 0.829. The molecule has 1 fully saturated rings. The Hall–Kier alpha value is -0.570. The third-order valence-corrected chi connectivity index (χ3v) is 4.34. The first kappa shape index (κ1) is 9.64. The van der Waals surface area contributed by atoms with Gasteiger partial charge < -0.3 is 5.32 Å². The van der Waals surface area contributed by atoms with Gasteiger partial charge in [0.1, 0.15) is 0 Å². The van der Waals surface area contributed by atoms with Crippen molar-refractivity contribution >= 4 is 16.5 Å². The van der Waals surface area contributed by atoms with Crippen molar-refractivity contribution in [2.24, 2.45) is 0 Å². The summed E-state index contributed by atoms with van der Waals surface area (Å²) >= 11 is 1.90. The molecular weight excluding hydrogens is 204 g/mol. The van der Waals surface area contributed by atoms with Crippen molar-refractivity contribution in [2.75, 3.05) is 5.32 Å². The Morgan fingerprint density at radius 2 is 1.87 bits per heavy atom. The first-order chi connectivity index (χ1) is 7.42. The maximum Gasteiger partial charge on any atom is 0.183 e. The van der Waals surface area contributed by atoms with E-state index in [9.17, 15) is 0 Å². The number of anilines is 1. The summed E-state index contributed by atoms with van der Waals surface area (Å²) in [6.45, 7) is 0. The van der Waals surface area contributed by atoms with Crippen LogP contribution in [0, 0.1) is 0 Å². The summed E-state index contributed by atoms with van der Waals surface area (Å²) in [6, 6.07) is 0.738. The number of nitrogens with one attached hydrogen (secondary N) is 1. The molecule has 1 aromatic heterocycles. The van der Waals surface area contributed by atoms with Gasteiger partial charge in [-0.2, -0.15) is 0 Å². The van der Waals surface area contributed by atoms with E-state index in [2.05, 4.69) is 5.32 Å². The largest absolute Gasteiger partial charge is 0.359 e. The lowest BCUT2D eigenvalue weighted by atomic mass is 10.0. The Labute approximate surface area is 95.1 Å². The van der Waals surface area contributed by atoms with Crippen LogP contribution in [-0.4, -0.2) is 11.0 Å². The minimum Gasteiger partial charge on any atom is -0.359 e. The third kappa shape index (κ3) is 2.33. The second-order valence-corrected chi connectivity index (χ2v) is 5.81. The van der Waals surface area contributed by atoms with Crippen LogP contribution in [0.15, 0.2) is 0 Å². The van der Waals surface area contributed by atoms with E-state index in [-0.39, 0.29) is 0 Å². The molecule has 1 saturated carbocycles. The first-order valence-corrected chi connectivity index (χ1v) is 6.98. The molecule has 0 saturated heterocycles. The molecule has 0 aliphatic heterocycles. The maximum absolute atomic E-state index is 4.74. The molecule has 15 heavy (non-hydrogen) atoms. The molecule has 0 unspecified atom stereocenters. The van der Waals surface area contributed by atoms with Crippen molar-refractivity contribution in [3.8, 4) is 0 Å². The summed E-state index contributed by atoms with van der Waals surface area (Å²) in [5.74, 6) is 0. The predicted octanol–water partition coefficient (Wildman–Crippen LogP) is 3.38. The Morgan fingerprint density at radius 3 is 2.67 bits per heavy atom. The van der Waals surface area contributed by atoms with E-state index in [4.69, 9.17) is 4.98 Å². The summed E-state index contributed by atoms with van der Waals surface area (Å²) < 4.78 is 0. The minimum absolute atomic E-state index is 0.738. The molecule has 1 heterocycles. The van der Waals surface area contributed by atoms with Gasteiger partial charge in [-0.25, -0.2) is 4.98 Å². The van der Waals surface area contributed by atoms with Crippen molar-refractivity contribution in [3.05, 3.63) is 10.6 Å². The fraction of sp³-hybridized carbons (Fsp3) is 0.750. The van der Waals surface area contributed by atoms with Crippen molar-refractivity contribution < 1.29 is 0 Å². The average molecular weight is 222 g/mol. The van der Waals surface area contributed by atoms with Crippen LogP contribution < -0.4 is 5.32 Å². The van der Waals surface area contributed by atoms with E-state index in [1.807, 2.05) is 11.3 Å². The van der Waals surface area contributed by atoms with E-state index in [1.54, 1.807) is 4.88 Å². The molecule has 0 spiro atoms. The summed E-state index contributed by atoms with van der Waals surface area (Å²) in [6.07, 6.45) is 10.6. The zero-order chi connectivity index (χ0) is 10.1. The molecule has 0 bridgehead atoms. The van der Waals surface area contributed by atoms with Gasteiger partial charge in [0.25, 0.3) is 0 Å². The number of hydrogen-bond acceptors (Lipinski definition) is 3. The number of rotatable bonds is 2. The highest BCUT2D eigenvalue weighted by molar-refractivity contribution is 7.15. The number of thiazole rings is 1. The lowest BCUT2D eigenvalue weighted by Crippen LogP contribution is -2.00. The van der Waals surface area contributed by atoms with Gasteiger partial charge in [0.2, 0.25) is 0 Å². The summed E-state index contributed by atoms with van der Waals surface area (Å²) in [7, 11) is 0. The highest BCUT2D eigenvalue weighted by Gasteiger charge is 2.23. The van der Waals surface area contributed by atoms with Crippen LogP contribution in [0.25, 0.3) is 0 Å². The van der Waals surface area contributed by atoms with Crippen LogP contribution in [0.5, 0.6) is 0 Å². The van der Waals surface area contributed by atoms with Gasteiger partial charge in [-0.3, -0.25) is 0 Å². The van der Waals surface area contributed by atoms with Gasteiger partial charge in [-0.1, -0.05) is 12.8 Å². The van der Waals surface area contributed by atoms with Crippen LogP contribution in [0.2, 0.25) is 0 Å². The Kier molecular flexibility index (Phi) is 2.65. The molecule has 2 nitrogen and oxygen atoms in total. The summed E-state index contributed by atoms with van der Waals surface area (Å²) in [5.41, 5.74) is 1.39. The van der Waals surface area contributed by atoms with Crippen LogP contribution in [-0.2, 0) is 12.8 Å². The SMILES string of the molecule is C1CCCc2sc(NC3CC3)nc2CC1. The summed E-state index contributed by atoms with van der Waals surface area (Å²) in [5, 5.41) is 4.71. The molecule has 1 aromatic rings. The van der Waals surface area contributed by atoms with Gasteiger partial charge in [-0.15, -0.1) is 11.3 Å². The molecular formula is C12H18N2S. The normalized spacial score (nSPS) is 21.6. The van der Waals surface area contributed by atoms with E-state index in [1.165, 1.54) is 62.2 Å². The van der Waals surface area contributed by atoms with Crippen molar-refractivity contribution in [2.45, 2.75) is 57.4 Å². The lowest BCUT2D eigenvalue weighted by molar-refractivity contribution is 0.616. The Balaban J connectivity index is 1.76. The Bertz CT molecular complexity index is 316. The first-order valence-electron chi connectivity index (χ1n) is 6.17. The molecule has 0 amide bonds. The number of hydrogen-bond donors (Lipinski definition) is 1.